The van der Waals surface area contributed by atoms with Crippen LogP contribution in [0.25, 0.3) is 11.0 Å². The summed E-state index contributed by atoms with van der Waals surface area (Å²) in [5, 5.41) is 15.0. The predicted molar refractivity (Wildman–Crippen MR) is 168 cm³/mol. The summed E-state index contributed by atoms with van der Waals surface area (Å²) >= 11 is 0. The molecule has 43 heavy (non-hydrogen) atoms. The molecule has 4 rings (SSSR count). The number of nitrogen functional groups attached to an aromatic ring is 2. The molecule has 2 atom stereocenters. The molecular weight excluding hydrogens is 568 g/mol. The summed E-state index contributed by atoms with van der Waals surface area (Å²) in [6.45, 7) is 5.39. The Morgan fingerprint density at radius 3 is 2.28 bits per heavy atom. The number of anilines is 2. The zero-order chi connectivity index (χ0) is 31.3. The molecule has 0 aliphatic rings. The van der Waals surface area contributed by atoms with Crippen molar-refractivity contribution in [2.45, 2.75) is 50.7 Å². The van der Waals surface area contributed by atoms with Crippen LogP contribution in [0, 0.1) is 12.8 Å². The molecule has 0 fully saturated rings. The Hall–Kier alpha value is -4.19. The third-order valence-corrected chi connectivity index (χ3v) is 9.08. The fraction of sp³-hybridized carbons (Fsp3) is 0.312. The van der Waals surface area contributed by atoms with Crippen LogP contribution in [0.5, 0.6) is 0 Å². The fourth-order valence-corrected chi connectivity index (χ4v) is 6.61. The molecule has 0 saturated heterocycles. The number of amides is 1. The van der Waals surface area contributed by atoms with Crippen molar-refractivity contribution in [1.29, 1.82) is 0 Å². The van der Waals surface area contributed by atoms with Gasteiger partial charge < -0.3 is 26.3 Å². The Kier molecular flexibility index (Phi) is 9.90. The maximum absolute atomic E-state index is 13.6. The van der Waals surface area contributed by atoms with Gasteiger partial charge in [0.2, 0.25) is 15.9 Å². The van der Waals surface area contributed by atoms with Crippen LogP contribution in [0.3, 0.4) is 0 Å². The maximum atomic E-state index is 13.6. The molecule has 4 aromatic rings. The number of rotatable bonds is 12. The highest BCUT2D eigenvalue weighted by molar-refractivity contribution is 7.89. The van der Waals surface area contributed by atoms with Gasteiger partial charge in [-0.3, -0.25) is 4.79 Å². The number of hydrogen-bond acceptors (Lipinski definition) is 8. The van der Waals surface area contributed by atoms with Crippen molar-refractivity contribution in [2.24, 2.45) is 5.92 Å². The van der Waals surface area contributed by atoms with Crippen LogP contribution < -0.4 is 22.4 Å². The van der Waals surface area contributed by atoms with Crippen LogP contribution in [0.15, 0.2) is 86.9 Å². The van der Waals surface area contributed by atoms with E-state index in [2.05, 4.69) is 5.32 Å². The second-order valence-electron chi connectivity index (χ2n) is 11.1. The number of nitrogens with one attached hydrogen (secondary N) is 1. The molecule has 11 heteroatoms. The van der Waals surface area contributed by atoms with Gasteiger partial charge in [0, 0.05) is 35.9 Å². The van der Waals surface area contributed by atoms with Gasteiger partial charge in [-0.25, -0.2) is 13.2 Å². The molecule has 10 nitrogen and oxygen atoms in total. The third kappa shape index (κ3) is 7.81. The van der Waals surface area contributed by atoms with Crippen LogP contribution in [-0.4, -0.2) is 49.0 Å². The highest BCUT2D eigenvalue weighted by Crippen LogP contribution is 2.23. The maximum Gasteiger partial charge on any atom is 0.340 e. The molecule has 0 unspecified atom stereocenters. The number of carbonyl (C=O) groups excluding carboxylic acids is 1. The first-order chi connectivity index (χ1) is 20.3. The number of benzene rings is 3. The van der Waals surface area contributed by atoms with E-state index in [1.54, 1.807) is 25.1 Å². The van der Waals surface area contributed by atoms with Gasteiger partial charge >= 0.3 is 5.63 Å². The molecule has 1 amide bonds. The second kappa shape index (κ2) is 13.4. The summed E-state index contributed by atoms with van der Waals surface area (Å²) in [6, 6.07) is 19.2. The van der Waals surface area contributed by atoms with Gasteiger partial charge in [0.15, 0.2) is 0 Å². The third-order valence-electron chi connectivity index (χ3n) is 7.24. The molecular formula is C32H38N4O6S. The van der Waals surface area contributed by atoms with Crippen LogP contribution in [-0.2, 0) is 27.7 Å². The average molecular weight is 607 g/mol. The number of aliphatic hydroxyl groups is 1. The molecule has 228 valence electrons. The summed E-state index contributed by atoms with van der Waals surface area (Å²) in [6.07, 6.45) is -1.33. The number of fused-ring (bicyclic) bond motifs is 1. The fourth-order valence-electron chi connectivity index (χ4n) is 4.99. The van der Waals surface area contributed by atoms with E-state index >= 15 is 0 Å². The second-order valence-corrected chi connectivity index (χ2v) is 13.1. The van der Waals surface area contributed by atoms with Gasteiger partial charge in [-0.05, 0) is 66.8 Å². The molecule has 1 aromatic heterocycles. The predicted octanol–water partition coefficient (Wildman–Crippen LogP) is 3.24. The Balaban J connectivity index is 1.61. The van der Waals surface area contributed by atoms with Crippen LogP contribution in [0.2, 0.25) is 0 Å². The summed E-state index contributed by atoms with van der Waals surface area (Å²) in [5.41, 5.74) is 13.8. The lowest BCUT2D eigenvalue weighted by atomic mass is 9.99. The van der Waals surface area contributed by atoms with E-state index in [4.69, 9.17) is 15.9 Å². The van der Waals surface area contributed by atoms with Crippen molar-refractivity contribution in [1.82, 2.24) is 9.62 Å². The monoisotopic (exact) mass is 606 g/mol. The van der Waals surface area contributed by atoms with Crippen LogP contribution in [0.4, 0.5) is 11.4 Å². The van der Waals surface area contributed by atoms with E-state index < -0.39 is 33.7 Å². The topological polar surface area (TPSA) is 169 Å². The molecule has 0 saturated carbocycles. The highest BCUT2D eigenvalue weighted by Gasteiger charge is 2.31. The molecule has 0 bridgehead atoms. The van der Waals surface area contributed by atoms with Crippen molar-refractivity contribution in [2.75, 3.05) is 24.6 Å². The van der Waals surface area contributed by atoms with Crippen molar-refractivity contribution in [3.8, 4) is 0 Å². The van der Waals surface area contributed by atoms with Crippen molar-refractivity contribution >= 4 is 38.3 Å². The number of nitrogens with zero attached hydrogens (tertiary/aromatic N) is 1. The molecule has 6 N–H and O–H groups in total. The average Bonchev–Trinajstić information content (AvgIpc) is 2.95. The molecule has 1 heterocycles. The summed E-state index contributed by atoms with van der Waals surface area (Å²) in [4.78, 5) is 26.2. The Labute approximate surface area is 251 Å². The largest absolute Gasteiger partial charge is 0.422 e. The van der Waals surface area contributed by atoms with E-state index in [0.717, 1.165) is 5.56 Å². The van der Waals surface area contributed by atoms with E-state index in [1.807, 2.05) is 44.2 Å². The summed E-state index contributed by atoms with van der Waals surface area (Å²) in [5.74, 6) is -0.551. The number of hydrogen-bond donors (Lipinski definition) is 4. The number of nitrogens with two attached hydrogens (primary N) is 2. The minimum atomic E-state index is -3.98. The quantitative estimate of drug-likeness (QED) is 0.141. The minimum absolute atomic E-state index is 0.0385. The van der Waals surface area contributed by atoms with Crippen molar-refractivity contribution in [3.63, 3.8) is 0 Å². The van der Waals surface area contributed by atoms with Gasteiger partial charge in [-0.2, -0.15) is 4.31 Å². The Morgan fingerprint density at radius 2 is 1.63 bits per heavy atom. The first-order valence-electron chi connectivity index (χ1n) is 14.0. The summed E-state index contributed by atoms with van der Waals surface area (Å²) < 4.78 is 33.9. The minimum Gasteiger partial charge on any atom is -0.422 e. The molecule has 0 aliphatic carbocycles. The summed E-state index contributed by atoms with van der Waals surface area (Å²) in [7, 11) is -3.98. The van der Waals surface area contributed by atoms with Gasteiger partial charge in [-0.1, -0.05) is 44.2 Å². The molecule has 3 aromatic carbocycles. The van der Waals surface area contributed by atoms with Crippen molar-refractivity contribution < 1.29 is 22.7 Å². The first-order valence-corrected chi connectivity index (χ1v) is 15.5. The SMILES string of the molecule is Cc1c(CC(=O)N[C@@H](Cc2ccccc2)[C@H](O)CN(CC(C)C)S(=O)(=O)c2ccc(N)cc2)c(=O)oc2cc(N)ccc12. The Morgan fingerprint density at radius 1 is 0.977 bits per heavy atom. The van der Waals surface area contributed by atoms with E-state index in [9.17, 15) is 23.1 Å². The normalized spacial score (nSPS) is 13.3. The standard InChI is InChI=1S/C32H38N4O6S/c1-20(2)18-36(43(40,41)25-12-9-23(33)10-13-25)19-29(37)28(15-22-7-5-4-6-8-22)35-31(38)17-27-21(3)26-14-11-24(34)16-30(26)42-32(27)39/h4-14,16,20,28-29,37H,15,17-19,33-34H2,1-3H3,(H,35,38)/t28-,29+/m0/s1. The lowest BCUT2D eigenvalue weighted by molar-refractivity contribution is -0.122. The van der Waals surface area contributed by atoms with Gasteiger partial charge in [0.25, 0.3) is 0 Å². The van der Waals surface area contributed by atoms with Gasteiger partial charge in [-0.15, -0.1) is 0 Å². The smallest absolute Gasteiger partial charge is 0.340 e. The van der Waals surface area contributed by atoms with Crippen LogP contribution in [0.1, 0.15) is 30.5 Å². The lowest BCUT2D eigenvalue weighted by Gasteiger charge is -2.31. The molecule has 0 radical (unpaired) electrons. The zero-order valence-corrected chi connectivity index (χ0v) is 25.3. The van der Waals surface area contributed by atoms with E-state index in [-0.39, 0.29) is 42.3 Å². The zero-order valence-electron chi connectivity index (χ0n) is 24.5. The first kappa shape index (κ1) is 31.7. The number of aryl methyl sites for hydroxylation is 1. The number of sulfonamides is 1. The van der Waals surface area contributed by atoms with Crippen molar-refractivity contribution in [3.05, 3.63) is 99.9 Å². The van der Waals surface area contributed by atoms with Gasteiger partial charge in [0.1, 0.15) is 5.58 Å². The Bertz CT molecular complexity index is 1740. The van der Waals surface area contributed by atoms with E-state index in [1.165, 1.54) is 28.6 Å². The molecule has 0 aliphatic heterocycles. The highest BCUT2D eigenvalue weighted by atomic mass is 32.2. The molecule has 0 spiro atoms. The number of aliphatic hydroxyl groups excluding tert-OH is 1. The van der Waals surface area contributed by atoms with Crippen LogP contribution >= 0.6 is 0 Å². The lowest BCUT2D eigenvalue weighted by Crippen LogP contribution is -2.51. The number of carbonyl (C=O) groups is 1. The van der Waals surface area contributed by atoms with E-state index in [0.29, 0.717) is 27.9 Å². The van der Waals surface area contributed by atoms with Gasteiger partial charge in [0.05, 0.1) is 29.0 Å².